The maximum absolute atomic E-state index is 3.34. The molecule has 0 aromatic heterocycles. The smallest absolute Gasteiger partial charge is 0.0584 e. The van der Waals surface area contributed by atoms with E-state index < -0.39 is 0 Å². The van der Waals surface area contributed by atoms with E-state index in [0.29, 0.717) is 0 Å². The average molecular weight is 274 g/mol. The molecule has 1 unspecified atom stereocenters. The van der Waals surface area contributed by atoms with Gasteiger partial charge in [-0.25, -0.2) is 0 Å². The number of hydrogen-bond acceptors (Lipinski definition) is 1. The van der Waals surface area contributed by atoms with Crippen LogP contribution in [-0.2, 0) is 5.41 Å². The summed E-state index contributed by atoms with van der Waals surface area (Å²) in [6.07, 6.45) is 8.78. The van der Waals surface area contributed by atoms with Crippen molar-refractivity contribution in [3.8, 4) is 0 Å². The van der Waals surface area contributed by atoms with E-state index in [1.165, 1.54) is 16.7 Å². The van der Waals surface area contributed by atoms with Gasteiger partial charge in [-0.3, -0.25) is 4.34 Å². The third kappa shape index (κ3) is 1.20. The van der Waals surface area contributed by atoms with E-state index in [9.17, 15) is 0 Å². The Balaban J connectivity index is 2.11. The van der Waals surface area contributed by atoms with Gasteiger partial charge in [-0.05, 0) is 16.7 Å². The fourth-order valence-electron chi connectivity index (χ4n) is 2.60. The summed E-state index contributed by atoms with van der Waals surface area (Å²) in [4.78, 5) is 0. The van der Waals surface area contributed by atoms with Gasteiger partial charge in [0, 0.05) is 22.7 Å². The van der Waals surface area contributed by atoms with E-state index in [2.05, 4.69) is 75.1 Å². The lowest BCUT2D eigenvalue weighted by molar-refractivity contribution is 0.569. The summed E-state index contributed by atoms with van der Waals surface area (Å²) in [7, 11) is 0. The van der Waals surface area contributed by atoms with Crippen LogP contribution in [0.15, 0.2) is 65.8 Å². The van der Waals surface area contributed by atoms with Crippen LogP contribution in [0.5, 0.6) is 0 Å². The van der Waals surface area contributed by atoms with Gasteiger partial charge in [-0.15, -0.1) is 0 Å². The molecule has 0 aliphatic heterocycles. The Bertz CT molecular complexity index is 485. The summed E-state index contributed by atoms with van der Waals surface area (Å²) < 4.78 is 3.13. The molecule has 0 spiro atoms. The van der Waals surface area contributed by atoms with Crippen LogP contribution in [0, 0.1) is 0 Å². The Morgan fingerprint density at radius 2 is 1.94 bits per heavy atom. The zero-order chi connectivity index (χ0) is 11.0. The predicted octanol–water partition coefficient (Wildman–Crippen LogP) is 3.26. The SMILES string of the molecule is BrNCC1(c2ccccc2)c2cccc1c2. The molecule has 0 saturated carbocycles. The highest BCUT2D eigenvalue weighted by atomic mass is 79.9. The van der Waals surface area contributed by atoms with Crippen LogP contribution in [0.2, 0.25) is 0 Å². The molecule has 3 rings (SSSR count). The van der Waals surface area contributed by atoms with E-state index in [1.54, 1.807) is 0 Å². The Kier molecular flexibility index (Phi) is 2.34. The molecule has 1 N–H and O–H groups in total. The first kappa shape index (κ1) is 10.1. The van der Waals surface area contributed by atoms with Crippen molar-refractivity contribution in [2.24, 2.45) is 0 Å². The van der Waals surface area contributed by atoms with E-state index in [1.807, 2.05) is 0 Å². The van der Waals surface area contributed by atoms with Crippen LogP contribution < -0.4 is 4.34 Å². The Labute approximate surface area is 104 Å². The minimum Gasteiger partial charge on any atom is -0.254 e. The third-order valence-corrected chi connectivity index (χ3v) is 3.73. The van der Waals surface area contributed by atoms with Crippen molar-refractivity contribution >= 4 is 16.1 Å². The molecule has 80 valence electrons. The molecule has 0 amide bonds. The van der Waals surface area contributed by atoms with Crippen molar-refractivity contribution in [1.82, 2.24) is 4.34 Å². The molecule has 0 radical (unpaired) electrons. The molecule has 1 aromatic carbocycles. The van der Waals surface area contributed by atoms with Crippen molar-refractivity contribution in [2.75, 3.05) is 6.54 Å². The van der Waals surface area contributed by atoms with Crippen LogP contribution in [0.4, 0.5) is 0 Å². The van der Waals surface area contributed by atoms with Crippen molar-refractivity contribution in [3.63, 3.8) is 0 Å². The molecule has 2 heteroatoms. The molecular weight excluding hydrogens is 262 g/mol. The second-order valence-electron chi connectivity index (χ2n) is 4.16. The highest BCUT2D eigenvalue weighted by molar-refractivity contribution is 9.08. The van der Waals surface area contributed by atoms with Gasteiger partial charge in [-0.2, -0.15) is 0 Å². The molecular formula is C14H12BrN. The molecule has 1 aromatic rings. The van der Waals surface area contributed by atoms with Gasteiger partial charge in [-0.1, -0.05) is 54.6 Å². The fourth-order valence-corrected chi connectivity index (χ4v) is 3.02. The van der Waals surface area contributed by atoms with Gasteiger partial charge in [0.15, 0.2) is 0 Å². The van der Waals surface area contributed by atoms with Crippen LogP contribution in [-0.4, -0.2) is 6.54 Å². The topological polar surface area (TPSA) is 12.0 Å². The highest BCUT2D eigenvalue weighted by Gasteiger charge is 2.44. The number of halogens is 1. The lowest BCUT2D eigenvalue weighted by Gasteiger charge is -2.45. The second kappa shape index (κ2) is 3.72. The van der Waals surface area contributed by atoms with Crippen LogP contribution >= 0.6 is 16.1 Å². The number of hydrogen-bond donors (Lipinski definition) is 1. The van der Waals surface area contributed by atoms with Gasteiger partial charge >= 0.3 is 0 Å². The van der Waals surface area contributed by atoms with Gasteiger partial charge < -0.3 is 0 Å². The van der Waals surface area contributed by atoms with E-state index in [0.717, 1.165) is 6.54 Å². The first-order valence-corrected chi connectivity index (χ1v) is 6.17. The Hall–Kier alpha value is -1.12. The third-order valence-electron chi connectivity index (χ3n) is 3.45. The minimum atomic E-state index is 0.0551. The highest BCUT2D eigenvalue weighted by Crippen LogP contribution is 2.50. The van der Waals surface area contributed by atoms with Crippen LogP contribution in [0.3, 0.4) is 0 Å². The molecule has 0 fully saturated rings. The average Bonchev–Trinajstić information content (AvgIpc) is 2.37. The van der Waals surface area contributed by atoms with Gasteiger partial charge in [0.2, 0.25) is 0 Å². The Morgan fingerprint density at radius 3 is 2.50 bits per heavy atom. The lowest BCUT2D eigenvalue weighted by atomic mass is 9.59. The summed E-state index contributed by atoms with van der Waals surface area (Å²) in [5, 5.41) is 0. The largest absolute Gasteiger partial charge is 0.254 e. The number of rotatable bonds is 3. The maximum atomic E-state index is 3.34. The van der Waals surface area contributed by atoms with E-state index >= 15 is 0 Å². The molecule has 16 heavy (non-hydrogen) atoms. The normalized spacial score (nSPS) is 25.8. The van der Waals surface area contributed by atoms with Crippen molar-refractivity contribution in [3.05, 3.63) is 71.3 Å². The maximum Gasteiger partial charge on any atom is 0.0584 e. The van der Waals surface area contributed by atoms with Crippen molar-refractivity contribution in [2.45, 2.75) is 5.41 Å². The fraction of sp³-hybridized carbons (Fsp3) is 0.143. The number of fused-ring (bicyclic) bond motifs is 2. The van der Waals surface area contributed by atoms with E-state index in [4.69, 9.17) is 0 Å². The second-order valence-corrected chi connectivity index (χ2v) is 4.72. The Morgan fingerprint density at radius 1 is 1.12 bits per heavy atom. The molecule has 0 heterocycles. The van der Waals surface area contributed by atoms with Gasteiger partial charge in [0.1, 0.15) is 0 Å². The molecule has 2 bridgehead atoms. The first-order valence-electron chi connectivity index (χ1n) is 5.38. The van der Waals surface area contributed by atoms with Gasteiger partial charge in [0.05, 0.1) is 5.41 Å². The lowest BCUT2D eigenvalue weighted by Crippen LogP contribution is -2.44. The predicted molar refractivity (Wildman–Crippen MR) is 70.4 cm³/mol. The van der Waals surface area contributed by atoms with Crippen LogP contribution in [0.1, 0.15) is 5.56 Å². The molecule has 1 nitrogen and oxygen atoms in total. The summed E-state index contributed by atoms with van der Waals surface area (Å²) in [5.74, 6) is 0. The first-order chi connectivity index (χ1) is 7.88. The molecule has 1 atom stereocenters. The zero-order valence-electron chi connectivity index (χ0n) is 8.78. The molecule has 2 aliphatic carbocycles. The summed E-state index contributed by atoms with van der Waals surface area (Å²) in [6.45, 7) is 0.888. The summed E-state index contributed by atoms with van der Waals surface area (Å²) in [5.41, 5.74) is 4.20. The zero-order valence-corrected chi connectivity index (χ0v) is 10.4. The standard InChI is InChI=1S/C14H12BrN/c15-16-10-14(11-5-2-1-3-6-11)12-7-4-8-13(14)9-12/h1-9,16H,10H2. The number of allylic oxidation sites excluding steroid dienone is 4. The van der Waals surface area contributed by atoms with Crippen LogP contribution in [0.25, 0.3) is 0 Å². The molecule has 0 saturated heterocycles. The minimum absolute atomic E-state index is 0.0551. The van der Waals surface area contributed by atoms with Gasteiger partial charge in [0.25, 0.3) is 0 Å². The number of nitrogens with one attached hydrogen (secondary N) is 1. The van der Waals surface area contributed by atoms with E-state index in [-0.39, 0.29) is 5.41 Å². The quantitative estimate of drug-likeness (QED) is 0.834. The monoisotopic (exact) mass is 273 g/mol. The number of benzene rings is 1. The molecule has 2 aliphatic rings. The van der Waals surface area contributed by atoms with Crippen molar-refractivity contribution < 1.29 is 0 Å². The summed E-state index contributed by atoms with van der Waals surface area (Å²) >= 11 is 3.34. The summed E-state index contributed by atoms with van der Waals surface area (Å²) in [6, 6.07) is 10.7. The van der Waals surface area contributed by atoms with Crippen molar-refractivity contribution in [1.29, 1.82) is 0 Å².